The van der Waals surface area contributed by atoms with Gasteiger partial charge >= 0.3 is 5.97 Å². The summed E-state index contributed by atoms with van der Waals surface area (Å²) >= 11 is 1.24. The summed E-state index contributed by atoms with van der Waals surface area (Å²) in [4.78, 5) is 33.4. The number of methoxy groups -OCH3 is 1. The van der Waals surface area contributed by atoms with Gasteiger partial charge in [0.05, 0.1) is 53.8 Å². The Balaban J connectivity index is 1.46. The smallest absolute Gasteiger partial charge is 0.338 e. The lowest BCUT2D eigenvalue weighted by atomic mass is 9.93. The number of benzene rings is 4. The lowest BCUT2D eigenvalue weighted by molar-refractivity contribution is -0.138. The summed E-state index contributed by atoms with van der Waals surface area (Å²) in [6, 6.07) is 30.8. The highest BCUT2D eigenvalue weighted by Gasteiger charge is 2.35. The first-order valence-corrected chi connectivity index (χ1v) is 16.6. The van der Waals surface area contributed by atoms with Gasteiger partial charge in [-0.3, -0.25) is 9.36 Å². The topological polar surface area (TPSA) is 112 Å². The predicted octanol–water partition coefficient (Wildman–Crippen LogP) is 5.79. The molecule has 246 valence electrons. The molecular weight excluding hydrogens is 639 g/mol. The zero-order valence-electron chi connectivity index (χ0n) is 27.2. The highest BCUT2D eigenvalue weighted by atomic mass is 32.1. The van der Waals surface area contributed by atoms with Crippen LogP contribution in [0.5, 0.6) is 17.2 Å². The van der Waals surface area contributed by atoms with E-state index in [1.54, 1.807) is 42.9 Å². The van der Waals surface area contributed by atoms with Crippen molar-refractivity contribution in [3.05, 3.63) is 150 Å². The maximum Gasteiger partial charge on any atom is 0.338 e. The van der Waals surface area contributed by atoms with Crippen molar-refractivity contribution in [2.45, 2.75) is 26.5 Å². The number of esters is 1. The number of fused-ring (bicyclic) bond motifs is 1. The third-order valence-electron chi connectivity index (χ3n) is 7.89. The van der Waals surface area contributed by atoms with Crippen LogP contribution in [0.15, 0.2) is 112 Å². The molecule has 0 saturated carbocycles. The Hall–Kier alpha value is -5.92. The minimum Gasteiger partial charge on any atom is -0.494 e. The maximum absolute atomic E-state index is 14.3. The van der Waals surface area contributed by atoms with Crippen LogP contribution in [0, 0.1) is 11.3 Å². The molecule has 5 aromatic rings. The van der Waals surface area contributed by atoms with E-state index in [1.807, 2.05) is 85.8 Å². The zero-order valence-corrected chi connectivity index (χ0v) is 28.0. The quantitative estimate of drug-likeness (QED) is 0.163. The van der Waals surface area contributed by atoms with E-state index in [-0.39, 0.29) is 24.3 Å². The van der Waals surface area contributed by atoms with E-state index in [1.165, 1.54) is 11.3 Å². The molecule has 0 radical (unpaired) electrons. The van der Waals surface area contributed by atoms with Crippen molar-refractivity contribution in [3.63, 3.8) is 0 Å². The molecule has 0 amide bonds. The van der Waals surface area contributed by atoms with Crippen LogP contribution < -0.4 is 29.1 Å². The van der Waals surface area contributed by atoms with Gasteiger partial charge in [-0.25, -0.2) is 9.79 Å². The van der Waals surface area contributed by atoms with Gasteiger partial charge in [-0.05, 0) is 61.4 Å². The predicted molar refractivity (Wildman–Crippen MR) is 187 cm³/mol. The van der Waals surface area contributed by atoms with Gasteiger partial charge in [-0.2, -0.15) is 5.26 Å². The number of ether oxygens (including phenoxy) is 4. The lowest BCUT2D eigenvalue weighted by Crippen LogP contribution is -2.40. The number of rotatable bonds is 11. The van der Waals surface area contributed by atoms with Gasteiger partial charge in [-0.15, -0.1) is 0 Å². The largest absolute Gasteiger partial charge is 0.494 e. The van der Waals surface area contributed by atoms with E-state index in [4.69, 9.17) is 23.9 Å². The summed E-state index contributed by atoms with van der Waals surface area (Å²) in [6.07, 6.45) is 1.77. The van der Waals surface area contributed by atoms with Gasteiger partial charge in [0.1, 0.15) is 12.4 Å². The third kappa shape index (κ3) is 6.89. The minimum absolute atomic E-state index is 0.164. The van der Waals surface area contributed by atoms with Gasteiger partial charge in [-0.1, -0.05) is 78.1 Å². The first-order chi connectivity index (χ1) is 23.9. The molecule has 0 spiro atoms. The average molecular weight is 672 g/mol. The molecule has 9 nitrogen and oxygen atoms in total. The molecule has 0 unspecified atom stereocenters. The van der Waals surface area contributed by atoms with Crippen molar-refractivity contribution in [1.82, 2.24) is 4.57 Å². The monoisotopic (exact) mass is 671 g/mol. The minimum atomic E-state index is -0.801. The van der Waals surface area contributed by atoms with Crippen molar-refractivity contribution in [2.24, 2.45) is 4.99 Å². The van der Waals surface area contributed by atoms with Crippen LogP contribution in [0.1, 0.15) is 47.7 Å². The molecule has 0 N–H and O–H groups in total. The van der Waals surface area contributed by atoms with Gasteiger partial charge < -0.3 is 18.9 Å². The van der Waals surface area contributed by atoms with Crippen LogP contribution in [-0.4, -0.2) is 30.9 Å². The molecule has 0 aliphatic carbocycles. The van der Waals surface area contributed by atoms with Crippen LogP contribution >= 0.6 is 11.3 Å². The summed E-state index contributed by atoms with van der Waals surface area (Å²) in [5.74, 6) is 1.10. The molecule has 1 atom stereocenters. The second-order valence-electron chi connectivity index (χ2n) is 10.9. The Morgan fingerprint density at radius 1 is 0.939 bits per heavy atom. The maximum atomic E-state index is 14.3. The Labute approximate surface area is 287 Å². The molecule has 1 aliphatic rings. The molecular formula is C39H33N3O6S. The van der Waals surface area contributed by atoms with E-state index in [2.05, 4.69) is 6.07 Å². The van der Waals surface area contributed by atoms with E-state index < -0.39 is 12.0 Å². The number of carbonyl (C=O) groups is 1. The zero-order chi connectivity index (χ0) is 34.3. The molecule has 4 aromatic carbocycles. The van der Waals surface area contributed by atoms with Crippen LogP contribution in [0.25, 0.3) is 11.8 Å². The Bertz CT molecular complexity index is 2250. The molecule has 2 heterocycles. The second-order valence-corrected chi connectivity index (χ2v) is 11.9. The molecule has 6 rings (SSSR count). The molecule has 0 saturated heterocycles. The number of hydrogen-bond acceptors (Lipinski definition) is 9. The summed E-state index contributed by atoms with van der Waals surface area (Å²) in [6.45, 7) is 4.52. The van der Waals surface area contributed by atoms with Gasteiger partial charge in [0.25, 0.3) is 5.56 Å². The van der Waals surface area contributed by atoms with E-state index >= 15 is 0 Å². The van der Waals surface area contributed by atoms with Gasteiger partial charge in [0.2, 0.25) is 0 Å². The Morgan fingerprint density at radius 2 is 1.69 bits per heavy atom. The molecule has 1 aromatic heterocycles. The third-order valence-corrected chi connectivity index (χ3v) is 8.87. The van der Waals surface area contributed by atoms with Crippen LogP contribution in [0.2, 0.25) is 0 Å². The Morgan fingerprint density at radius 3 is 2.41 bits per heavy atom. The highest BCUT2D eigenvalue weighted by molar-refractivity contribution is 7.07. The number of nitrogens with zero attached hydrogens (tertiary/aromatic N) is 3. The van der Waals surface area contributed by atoms with Crippen molar-refractivity contribution >= 4 is 29.1 Å². The van der Waals surface area contributed by atoms with Crippen molar-refractivity contribution in [3.8, 4) is 23.3 Å². The first-order valence-electron chi connectivity index (χ1n) is 15.8. The number of carbonyl (C=O) groups excluding carboxylic acids is 1. The van der Waals surface area contributed by atoms with Crippen molar-refractivity contribution < 1.29 is 23.7 Å². The van der Waals surface area contributed by atoms with Crippen LogP contribution in [0.4, 0.5) is 0 Å². The molecule has 49 heavy (non-hydrogen) atoms. The van der Waals surface area contributed by atoms with Gasteiger partial charge in [0, 0.05) is 11.1 Å². The average Bonchev–Trinajstić information content (AvgIpc) is 3.45. The van der Waals surface area contributed by atoms with Crippen molar-refractivity contribution in [1.29, 1.82) is 5.26 Å². The Kier molecular flexibility index (Phi) is 10.0. The summed E-state index contributed by atoms with van der Waals surface area (Å²) in [5.41, 5.74) is 3.88. The number of nitriles is 1. The first kappa shape index (κ1) is 33.0. The van der Waals surface area contributed by atoms with Crippen LogP contribution in [0.3, 0.4) is 0 Å². The summed E-state index contributed by atoms with van der Waals surface area (Å²) < 4.78 is 24.9. The summed E-state index contributed by atoms with van der Waals surface area (Å²) in [7, 11) is 1.54. The normalized spacial score (nSPS) is 14.0. The van der Waals surface area contributed by atoms with Gasteiger partial charge in [0.15, 0.2) is 16.3 Å². The standard InChI is InChI=1S/C39H33N3O6S/c1-4-46-30-18-16-27(17-19-30)36-34(38(44)47-5-2)35(26-11-7-6-8-12-26)41-39-42(36)37(43)33(49-39)22-25-15-20-31(32(21-25)45-3)48-24-29-14-10-9-13-28(29)23-40/h6-22,36H,4-5,24H2,1-3H3/b33-22+/t36-/m1/s1. The highest BCUT2D eigenvalue weighted by Crippen LogP contribution is 2.36. The fourth-order valence-electron chi connectivity index (χ4n) is 5.62. The molecule has 0 fully saturated rings. The fraction of sp³-hybridized carbons (Fsp3) is 0.179. The van der Waals surface area contributed by atoms with E-state index in [0.717, 1.165) is 11.1 Å². The lowest BCUT2D eigenvalue weighted by Gasteiger charge is -2.26. The van der Waals surface area contributed by atoms with E-state index in [9.17, 15) is 14.9 Å². The fourth-order valence-corrected chi connectivity index (χ4v) is 6.63. The molecule has 1 aliphatic heterocycles. The van der Waals surface area contributed by atoms with E-state index in [0.29, 0.717) is 55.6 Å². The second kappa shape index (κ2) is 14.9. The van der Waals surface area contributed by atoms with Crippen molar-refractivity contribution in [2.75, 3.05) is 20.3 Å². The number of hydrogen-bond donors (Lipinski definition) is 0. The molecule has 0 bridgehead atoms. The number of aromatic nitrogens is 1. The van der Waals surface area contributed by atoms with Crippen LogP contribution in [-0.2, 0) is 16.1 Å². The number of thiazole rings is 1. The SMILES string of the molecule is CCOC(=O)C1=C(c2ccccc2)N=c2s/c(=C/c3ccc(OCc4ccccc4C#N)c(OC)c3)c(=O)n2[C@@H]1c1ccc(OCC)cc1. The molecule has 10 heteroatoms. The summed E-state index contributed by atoms with van der Waals surface area (Å²) in [5, 5.41) is 9.43.